The van der Waals surface area contributed by atoms with Crippen molar-refractivity contribution >= 4 is 11.6 Å². The molecule has 0 unspecified atom stereocenters. The van der Waals surface area contributed by atoms with E-state index in [0.717, 1.165) is 5.56 Å². The van der Waals surface area contributed by atoms with E-state index < -0.39 is 5.92 Å². The molecule has 1 aromatic carbocycles. The van der Waals surface area contributed by atoms with Crippen molar-refractivity contribution in [1.82, 2.24) is 15.1 Å². The summed E-state index contributed by atoms with van der Waals surface area (Å²) in [5.41, 5.74) is 1.96. The number of nitrogens with one attached hydrogen (secondary N) is 1. The summed E-state index contributed by atoms with van der Waals surface area (Å²) in [6.07, 6.45) is 3.39. The van der Waals surface area contributed by atoms with Crippen LogP contribution in [0, 0.1) is 5.82 Å². The fourth-order valence-corrected chi connectivity index (χ4v) is 2.65. The van der Waals surface area contributed by atoms with Crippen molar-refractivity contribution in [2.24, 2.45) is 0 Å². The molecule has 1 aliphatic rings. The molecule has 1 aliphatic heterocycles. The first-order valence-electron chi connectivity index (χ1n) is 7.04. The van der Waals surface area contributed by atoms with Gasteiger partial charge in [0.2, 0.25) is 17.6 Å². The molecule has 1 N–H and O–H groups in total. The van der Waals surface area contributed by atoms with Crippen LogP contribution in [-0.4, -0.2) is 21.0 Å². The molecule has 23 heavy (non-hydrogen) atoms. The Morgan fingerprint density at radius 1 is 1.22 bits per heavy atom. The SMILES string of the molecule is O=C1C[C@H](c2nc(-c3ccncc3)no2)c2cc(F)ccc2N1. The topological polar surface area (TPSA) is 80.9 Å². The molecule has 114 valence electrons. The second-order valence-electron chi connectivity index (χ2n) is 5.23. The van der Waals surface area contributed by atoms with Gasteiger partial charge >= 0.3 is 0 Å². The van der Waals surface area contributed by atoms with Crippen molar-refractivity contribution in [2.45, 2.75) is 12.3 Å². The Bertz CT molecular complexity index is 879. The summed E-state index contributed by atoms with van der Waals surface area (Å²) < 4.78 is 18.9. The molecule has 0 saturated carbocycles. The van der Waals surface area contributed by atoms with E-state index in [4.69, 9.17) is 4.52 Å². The third-order valence-corrected chi connectivity index (χ3v) is 3.73. The van der Waals surface area contributed by atoms with Crippen molar-refractivity contribution in [1.29, 1.82) is 0 Å². The summed E-state index contributed by atoms with van der Waals surface area (Å²) in [6, 6.07) is 7.74. The van der Waals surface area contributed by atoms with Gasteiger partial charge in [0.1, 0.15) is 5.82 Å². The van der Waals surface area contributed by atoms with Crippen molar-refractivity contribution in [3.8, 4) is 11.4 Å². The van der Waals surface area contributed by atoms with Crippen LogP contribution in [0.4, 0.5) is 10.1 Å². The largest absolute Gasteiger partial charge is 0.338 e. The van der Waals surface area contributed by atoms with Gasteiger partial charge < -0.3 is 9.84 Å². The number of benzene rings is 1. The average molecular weight is 310 g/mol. The number of pyridine rings is 1. The molecule has 1 atom stereocenters. The Hall–Kier alpha value is -3.09. The molecule has 3 aromatic rings. The number of nitrogens with zero attached hydrogens (tertiary/aromatic N) is 3. The molecule has 3 heterocycles. The van der Waals surface area contributed by atoms with Crippen LogP contribution in [0.15, 0.2) is 47.2 Å². The summed E-state index contributed by atoms with van der Waals surface area (Å²) in [4.78, 5) is 20.2. The van der Waals surface area contributed by atoms with Crippen LogP contribution in [0.3, 0.4) is 0 Å². The van der Waals surface area contributed by atoms with Gasteiger partial charge in [-0.25, -0.2) is 4.39 Å². The van der Waals surface area contributed by atoms with Gasteiger partial charge in [-0.3, -0.25) is 9.78 Å². The quantitative estimate of drug-likeness (QED) is 0.787. The van der Waals surface area contributed by atoms with E-state index in [1.165, 1.54) is 18.2 Å². The Balaban J connectivity index is 1.76. The molecule has 4 rings (SSSR count). The number of hydrogen-bond acceptors (Lipinski definition) is 5. The second-order valence-corrected chi connectivity index (χ2v) is 5.23. The zero-order valence-corrected chi connectivity index (χ0v) is 11.9. The normalized spacial score (nSPS) is 16.7. The number of halogens is 1. The predicted molar refractivity (Wildman–Crippen MR) is 79.0 cm³/mol. The zero-order valence-electron chi connectivity index (χ0n) is 11.9. The van der Waals surface area contributed by atoms with Crippen molar-refractivity contribution in [3.63, 3.8) is 0 Å². The molecule has 0 saturated heterocycles. The number of fused-ring (bicyclic) bond motifs is 1. The second kappa shape index (κ2) is 5.28. The molecular weight excluding hydrogens is 299 g/mol. The number of rotatable bonds is 2. The molecule has 0 fully saturated rings. The first-order valence-corrected chi connectivity index (χ1v) is 7.04. The molecule has 0 aliphatic carbocycles. The number of carbonyl (C=O) groups excluding carboxylic acids is 1. The van der Waals surface area contributed by atoms with Crippen molar-refractivity contribution in [2.75, 3.05) is 5.32 Å². The third-order valence-electron chi connectivity index (χ3n) is 3.73. The van der Waals surface area contributed by atoms with Gasteiger partial charge in [0.05, 0.1) is 5.92 Å². The lowest BCUT2D eigenvalue weighted by Gasteiger charge is -2.22. The summed E-state index contributed by atoms with van der Waals surface area (Å²) in [7, 11) is 0. The van der Waals surface area contributed by atoms with Crippen LogP contribution in [0.1, 0.15) is 23.8 Å². The van der Waals surface area contributed by atoms with Gasteiger partial charge in [-0.2, -0.15) is 4.98 Å². The summed E-state index contributed by atoms with van der Waals surface area (Å²) in [5.74, 6) is -0.307. The highest BCUT2D eigenvalue weighted by Crippen LogP contribution is 2.37. The smallest absolute Gasteiger partial charge is 0.235 e. The molecule has 7 heteroatoms. The van der Waals surface area contributed by atoms with Crippen LogP contribution in [0.25, 0.3) is 11.4 Å². The fourth-order valence-electron chi connectivity index (χ4n) is 2.65. The molecule has 0 bridgehead atoms. The van der Waals surface area contributed by atoms with Crippen molar-refractivity contribution in [3.05, 3.63) is 60.0 Å². The van der Waals surface area contributed by atoms with Crippen LogP contribution in [-0.2, 0) is 4.79 Å². The van der Waals surface area contributed by atoms with Gasteiger partial charge in [0.15, 0.2) is 0 Å². The van der Waals surface area contributed by atoms with Crippen LogP contribution in [0.5, 0.6) is 0 Å². The van der Waals surface area contributed by atoms with Gasteiger partial charge in [-0.1, -0.05) is 5.16 Å². The Labute approximate surface area is 130 Å². The minimum absolute atomic E-state index is 0.133. The molecule has 0 spiro atoms. The fraction of sp³-hybridized carbons (Fsp3) is 0.125. The summed E-state index contributed by atoms with van der Waals surface area (Å²) in [6.45, 7) is 0. The monoisotopic (exact) mass is 310 g/mol. The summed E-state index contributed by atoms with van der Waals surface area (Å²) >= 11 is 0. The molecule has 6 nitrogen and oxygen atoms in total. The van der Waals surface area contributed by atoms with Gasteiger partial charge in [-0.15, -0.1) is 0 Å². The lowest BCUT2D eigenvalue weighted by Crippen LogP contribution is -2.23. The zero-order chi connectivity index (χ0) is 15.8. The Kier molecular flexibility index (Phi) is 3.11. The highest BCUT2D eigenvalue weighted by atomic mass is 19.1. The maximum atomic E-state index is 13.6. The van der Waals surface area contributed by atoms with E-state index in [0.29, 0.717) is 23.0 Å². The van der Waals surface area contributed by atoms with E-state index in [9.17, 15) is 9.18 Å². The van der Waals surface area contributed by atoms with Crippen LogP contribution in [0.2, 0.25) is 0 Å². The van der Waals surface area contributed by atoms with Gasteiger partial charge in [0, 0.05) is 30.1 Å². The maximum Gasteiger partial charge on any atom is 0.235 e. The molecule has 1 amide bonds. The first-order chi connectivity index (χ1) is 11.2. The molecular formula is C16H11FN4O2. The lowest BCUT2D eigenvalue weighted by atomic mass is 9.90. The molecule has 0 radical (unpaired) electrons. The van der Waals surface area contributed by atoms with E-state index in [1.807, 2.05) is 0 Å². The first kappa shape index (κ1) is 13.6. The average Bonchev–Trinajstić information content (AvgIpc) is 3.05. The van der Waals surface area contributed by atoms with E-state index in [2.05, 4.69) is 20.4 Å². The van der Waals surface area contributed by atoms with Crippen LogP contribution < -0.4 is 5.32 Å². The number of amides is 1. The Morgan fingerprint density at radius 3 is 2.87 bits per heavy atom. The number of anilines is 1. The van der Waals surface area contributed by atoms with Gasteiger partial charge in [-0.05, 0) is 35.9 Å². The standard InChI is InChI=1S/C16H11FN4O2/c17-10-1-2-13-11(7-10)12(8-14(22)19-13)16-20-15(21-23-16)9-3-5-18-6-4-9/h1-7,12H,8H2,(H,19,22)/t12-/m0/s1. The Morgan fingerprint density at radius 2 is 2.04 bits per heavy atom. The molecule has 2 aromatic heterocycles. The minimum atomic E-state index is -0.461. The number of carbonyl (C=O) groups is 1. The third kappa shape index (κ3) is 2.46. The van der Waals surface area contributed by atoms with E-state index in [1.54, 1.807) is 24.5 Å². The number of hydrogen-bond donors (Lipinski definition) is 1. The van der Waals surface area contributed by atoms with Gasteiger partial charge in [0.25, 0.3) is 0 Å². The predicted octanol–water partition coefficient (Wildman–Crippen LogP) is 2.74. The van der Waals surface area contributed by atoms with Crippen LogP contribution >= 0.6 is 0 Å². The van der Waals surface area contributed by atoms with E-state index in [-0.39, 0.29) is 18.1 Å². The number of aromatic nitrogens is 3. The maximum absolute atomic E-state index is 13.6. The van der Waals surface area contributed by atoms with E-state index >= 15 is 0 Å². The highest BCUT2D eigenvalue weighted by molar-refractivity contribution is 5.95. The summed E-state index contributed by atoms with van der Waals surface area (Å²) in [5, 5.41) is 6.66. The highest BCUT2D eigenvalue weighted by Gasteiger charge is 2.31. The van der Waals surface area contributed by atoms with Crippen molar-refractivity contribution < 1.29 is 13.7 Å². The minimum Gasteiger partial charge on any atom is -0.338 e. The lowest BCUT2D eigenvalue weighted by molar-refractivity contribution is -0.116.